The molecule has 0 saturated carbocycles. The summed E-state index contributed by atoms with van der Waals surface area (Å²) in [6.45, 7) is 0.993. The number of ether oxygens (including phenoxy) is 2. The van der Waals surface area contributed by atoms with Crippen LogP contribution in [0.15, 0.2) is 91.1 Å². The molecule has 0 spiro atoms. The van der Waals surface area contributed by atoms with Crippen molar-refractivity contribution in [1.82, 2.24) is 10.3 Å². The lowest BCUT2D eigenvalue weighted by Gasteiger charge is -2.16. The van der Waals surface area contributed by atoms with Crippen molar-refractivity contribution >= 4 is 17.9 Å². The highest BCUT2D eigenvalue weighted by Crippen LogP contribution is 2.27. The molecule has 0 aliphatic carbocycles. The normalized spacial score (nSPS) is 11.4. The van der Waals surface area contributed by atoms with Crippen molar-refractivity contribution in [2.75, 3.05) is 26.1 Å². The summed E-state index contributed by atoms with van der Waals surface area (Å²) in [5.74, 6) is 0.867. The second kappa shape index (κ2) is 12.5. The zero-order valence-corrected chi connectivity index (χ0v) is 20.8. The Labute approximate surface area is 216 Å². The minimum absolute atomic E-state index is 0.290. The number of hydrogen-bond acceptors (Lipinski definition) is 6. The Morgan fingerprint density at radius 1 is 0.865 bits per heavy atom. The molecule has 1 amide bonds. The maximum atomic E-state index is 13.2. The van der Waals surface area contributed by atoms with E-state index in [-0.39, 0.29) is 11.8 Å². The molecule has 1 heterocycles. The van der Waals surface area contributed by atoms with Gasteiger partial charge in [-0.2, -0.15) is 0 Å². The standard InChI is InChI=1S/C30H29N3O4/c1-36-25-13-9-21(10-14-25)23(20-34)19-31-18-22-6-3-4-7-27(22)28-8-5-17-32-29(28)30(35)33-24-11-15-26(37-2)16-12-24/h3-17,20,23,31H,18-19H2,1-2H3,(H,33,35). The molecule has 188 valence electrons. The molecule has 0 fully saturated rings. The average molecular weight is 496 g/mol. The topological polar surface area (TPSA) is 89.5 Å². The van der Waals surface area contributed by atoms with Gasteiger partial charge in [0.15, 0.2) is 0 Å². The highest BCUT2D eigenvalue weighted by atomic mass is 16.5. The number of methoxy groups -OCH3 is 2. The number of aromatic nitrogens is 1. The van der Waals surface area contributed by atoms with E-state index in [4.69, 9.17) is 9.47 Å². The first-order valence-electron chi connectivity index (χ1n) is 11.9. The lowest BCUT2D eigenvalue weighted by atomic mass is 9.97. The van der Waals surface area contributed by atoms with Gasteiger partial charge in [-0.05, 0) is 59.2 Å². The van der Waals surface area contributed by atoms with Crippen LogP contribution in [0.2, 0.25) is 0 Å². The van der Waals surface area contributed by atoms with Gasteiger partial charge in [0.05, 0.1) is 20.1 Å². The van der Waals surface area contributed by atoms with Crippen molar-refractivity contribution in [2.45, 2.75) is 12.5 Å². The fraction of sp³-hybridized carbons (Fsp3) is 0.167. The zero-order chi connectivity index (χ0) is 26.0. The molecule has 7 nitrogen and oxygen atoms in total. The summed E-state index contributed by atoms with van der Waals surface area (Å²) < 4.78 is 10.4. The van der Waals surface area contributed by atoms with Gasteiger partial charge in [-0.3, -0.25) is 9.78 Å². The summed E-state index contributed by atoms with van der Waals surface area (Å²) in [5.41, 5.74) is 4.52. The number of hydrogen-bond donors (Lipinski definition) is 2. The van der Waals surface area contributed by atoms with Crippen LogP contribution in [-0.2, 0) is 11.3 Å². The van der Waals surface area contributed by atoms with Gasteiger partial charge in [-0.25, -0.2) is 0 Å². The number of aldehydes is 1. The molecular formula is C30H29N3O4. The highest BCUT2D eigenvalue weighted by Gasteiger charge is 2.17. The fourth-order valence-corrected chi connectivity index (χ4v) is 4.06. The number of benzene rings is 3. The monoisotopic (exact) mass is 495 g/mol. The van der Waals surface area contributed by atoms with Crippen LogP contribution in [0.4, 0.5) is 5.69 Å². The first kappa shape index (κ1) is 25.6. The number of pyridine rings is 1. The molecular weight excluding hydrogens is 466 g/mol. The Balaban J connectivity index is 1.50. The van der Waals surface area contributed by atoms with Crippen LogP contribution in [0, 0.1) is 0 Å². The maximum absolute atomic E-state index is 13.2. The molecule has 7 heteroatoms. The van der Waals surface area contributed by atoms with Crippen molar-refractivity contribution in [3.63, 3.8) is 0 Å². The third-order valence-corrected chi connectivity index (χ3v) is 6.07. The predicted molar refractivity (Wildman–Crippen MR) is 144 cm³/mol. The molecule has 4 rings (SSSR count). The van der Waals surface area contributed by atoms with Gasteiger partial charge in [-0.1, -0.05) is 42.5 Å². The molecule has 1 unspecified atom stereocenters. The van der Waals surface area contributed by atoms with Crippen LogP contribution in [0.25, 0.3) is 11.1 Å². The van der Waals surface area contributed by atoms with Crippen LogP contribution >= 0.6 is 0 Å². The molecule has 0 aliphatic heterocycles. The number of nitrogens with zero attached hydrogens (tertiary/aromatic N) is 1. The molecule has 0 bridgehead atoms. The molecule has 1 atom stereocenters. The van der Waals surface area contributed by atoms with E-state index < -0.39 is 0 Å². The van der Waals surface area contributed by atoms with Gasteiger partial charge < -0.3 is 24.9 Å². The minimum atomic E-state index is -0.302. The number of rotatable bonds is 11. The second-order valence-corrected chi connectivity index (χ2v) is 8.39. The second-order valence-electron chi connectivity index (χ2n) is 8.39. The third-order valence-electron chi connectivity index (χ3n) is 6.07. The highest BCUT2D eigenvalue weighted by molar-refractivity contribution is 6.07. The van der Waals surface area contributed by atoms with Gasteiger partial charge in [0, 0.05) is 30.5 Å². The molecule has 1 aromatic heterocycles. The summed E-state index contributed by atoms with van der Waals surface area (Å²) >= 11 is 0. The quantitative estimate of drug-likeness (QED) is 0.282. The Morgan fingerprint density at radius 2 is 1.51 bits per heavy atom. The van der Waals surface area contributed by atoms with E-state index in [0.29, 0.717) is 30.2 Å². The van der Waals surface area contributed by atoms with Gasteiger partial charge in [0.25, 0.3) is 5.91 Å². The van der Waals surface area contributed by atoms with Crippen LogP contribution in [0.5, 0.6) is 11.5 Å². The van der Waals surface area contributed by atoms with Crippen molar-refractivity contribution in [2.24, 2.45) is 0 Å². The Kier molecular flexibility index (Phi) is 8.62. The summed E-state index contributed by atoms with van der Waals surface area (Å²) in [6, 6.07) is 26.2. The van der Waals surface area contributed by atoms with E-state index in [9.17, 15) is 9.59 Å². The largest absolute Gasteiger partial charge is 0.497 e. The molecule has 0 saturated heterocycles. The lowest BCUT2D eigenvalue weighted by Crippen LogP contribution is -2.22. The smallest absolute Gasteiger partial charge is 0.274 e. The number of nitrogens with one attached hydrogen (secondary N) is 2. The maximum Gasteiger partial charge on any atom is 0.274 e. The van der Waals surface area contributed by atoms with Gasteiger partial charge in [-0.15, -0.1) is 0 Å². The Bertz CT molecular complexity index is 1340. The Hall–Kier alpha value is -4.49. The molecule has 0 radical (unpaired) electrons. The van der Waals surface area contributed by atoms with Gasteiger partial charge in [0.1, 0.15) is 23.5 Å². The first-order chi connectivity index (χ1) is 18.1. The van der Waals surface area contributed by atoms with E-state index in [1.54, 1.807) is 44.7 Å². The number of carbonyl (C=O) groups is 2. The van der Waals surface area contributed by atoms with E-state index in [0.717, 1.165) is 34.3 Å². The number of amides is 1. The van der Waals surface area contributed by atoms with Crippen molar-refractivity contribution in [3.8, 4) is 22.6 Å². The minimum Gasteiger partial charge on any atom is -0.497 e. The summed E-state index contributed by atoms with van der Waals surface area (Å²) in [6.07, 6.45) is 2.56. The third kappa shape index (κ3) is 6.39. The van der Waals surface area contributed by atoms with Crippen LogP contribution in [-0.4, -0.2) is 37.9 Å². The average Bonchev–Trinajstić information content (AvgIpc) is 2.96. The van der Waals surface area contributed by atoms with Crippen LogP contribution in [0.3, 0.4) is 0 Å². The summed E-state index contributed by atoms with van der Waals surface area (Å²) in [7, 11) is 3.21. The molecule has 37 heavy (non-hydrogen) atoms. The molecule has 0 aliphatic rings. The number of anilines is 1. The molecule has 2 N–H and O–H groups in total. The van der Waals surface area contributed by atoms with Gasteiger partial charge >= 0.3 is 0 Å². The first-order valence-corrected chi connectivity index (χ1v) is 11.9. The predicted octanol–water partition coefficient (Wildman–Crippen LogP) is 5.09. The van der Waals surface area contributed by atoms with E-state index in [2.05, 4.69) is 15.6 Å². The van der Waals surface area contributed by atoms with Gasteiger partial charge in [0.2, 0.25) is 0 Å². The zero-order valence-electron chi connectivity index (χ0n) is 20.8. The molecule has 3 aromatic carbocycles. The number of carbonyl (C=O) groups excluding carboxylic acids is 2. The van der Waals surface area contributed by atoms with Crippen molar-refractivity contribution in [1.29, 1.82) is 0 Å². The summed E-state index contributed by atoms with van der Waals surface area (Å²) in [5, 5.41) is 6.30. The Morgan fingerprint density at radius 3 is 2.19 bits per heavy atom. The SMILES string of the molecule is COc1ccc(NC(=O)c2ncccc2-c2ccccc2CNCC(C=O)c2ccc(OC)cc2)cc1. The van der Waals surface area contributed by atoms with Crippen LogP contribution < -0.4 is 20.1 Å². The van der Waals surface area contributed by atoms with Crippen molar-refractivity contribution < 1.29 is 19.1 Å². The van der Waals surface area contributed by atoms with E-state index in [1.165, 1.54) is 0 Å². The van der Waals surface area contributed by atoms with E-state index >= 15 is 0 Å². The van der Waals surface area contributed by atoms with Crippen molar-refractivity contribution in [3.05, 3.63) is 108 Å². The lowest BCUT2D eigenvalue weighted by molar-refractivity contribution is -0.109. The van der Waals surface area contributed by atoms with E-state index in [1.807, 2.05) is 60.7 Å². The fourth-order valence-electron chi connectivity index (χ4n) is 4.06. The molecule has 4 aromatic rings. The summed E-state index contributed by atoms with van der Waals surface area (Å²) in [4.78, 5) is 29.3. The van der Waals surface area contributed by atoms with Crippen LogP contribution in [0.1, 0.15) is 27.5 Å².